The molecule has 0 aliphatic rings. The van der Waals surface area contributed by atoms with Gasteiger partial charge in [-0.1, -0.05) is 20.8 Å². The third-order valence-corrected chi connectivity index (χ3v) is 2.47. The van der Waals surface area contributed by atoms with Crippen LogP contribution in [-0.2, 0) is 14.4 Å². The predicted molar refractivity (Wildman–Crippen MR) is 79.9 cm³/mol. The van der Waals surface area contributed by atoms with Crippen LogP contribution in [0.2, 0.25) is 0 Å². The van der Waals surface area contributed by atoms with Gasteiger partial charge in [-0.25, -0.2) is 4.79 Å². The minimum Gasteiger partial charge on any atom is -0.478 e. The Morgan fingerprint density at radius 2 is 1.43 bits per heavy atom. The minimum atomic E-state index is -1.19. The number of carbonyl (C=O) groups excluding carboxylic acids is 2. The highest BCUT2D eigenvalue weighted by molar-refractivity contribution is 6.02. The molecule has 0 saturated heterocycles. The van der Waals surface area contributed by atoms with E-state index in [1.54, 1.807) is 24.3 Å². The van der Waals surface area contributed by atoms with E-state index in [1.165, 1.54) is 0 Å². The van der Waals surface area contributed by atoms with Gasteiger partial charge in [0.15, 0.2) is 0 Å². The van der Waals surface area contributed by atoms with Crippen molar-refractivity contribution in [2.24, 2.45) is 5.41 Å². The van der Waals surface area contributed by atoms with Crippen LogP contribution >= 0.6 is 0 Å². The van der Waals surface area contributed by atoms with E-state index in [-0.39, 0.29) is 5.91 Å². The Morgan fingerprint density at radius 1 is 0.952 bits per heavy atom. The maximum absolute atomic E-state index is 11.8. The number of rotatable bonds is 4. The van der Waals surface area contributed by atoms with Crippen LogP contribution in [0.25, 0.3) is 0 Å². The first-order valence-corrected chi connectivity index (χ1v) is 6.32. The number of amides is 2. The zero-order valence-electron chi connectivity index (χ0n) is 12.1. The summed E-state index contributed by atoms with van der Waals surface area (Å²) in [5.41, 5.74) is 0.631. The average Bonchev–Trinajstić information content (AvgIpc) is 2.37. The fourth-order valence-electron chi connectivity index (χ4n) is 1.29. The van der Waals surface area contributed by atoms with Gasteiger partial charge in [0.1, 0.15) is 0 Å². The standard InChI is InChI=1S/C15H18N2O4/c1-15(2,3)14(21)17-11-6-4-10(5-7-11)16-12(18)8-9-13(19)20/h4-9H,1-3H3,(H,16,18)(H,17,21)(H,19,20)/b9-8+. The van der Waals surface area contributed by atoms with Gasteiger partial charge in [0.05, 0.1) is 0 Å². The van der Waals surface area contributed by atoms with E-state index in [9.17, 15) is 14.4 Å². The molecule has 0 aliphatic heterocycles. The molecule has 0 heterocycles. The zero-order valence-corrected chi connectivity index (χ0v) is 12.1. The van der Waals surface area contributed by atoms with Crippen molar-refractivity contribution >= 4 is 29.2 Å². The van der Waals surface area contributed by atoms with Crippen molar-refractivity contribution in [3.8, 4) is 0 Å². The van der Waals surface area contributed by atoms with E-state index in [0.29, 0.717) is 11.4 Å². The first kappa shape index (κ1) is 16.4. The number of anilines is 2. The second-order valence-corrected chi connectivity index (χ2v) is 5.44. The first-order chi connectivity index (χ1) is 9.68. The summed E-state index contributed by atoms with van der Waals surface area (Å²) in [4.78, 5) is 33.5. The van der Waals surface area contributed by atoms with E-state index < -0.39 is 17.3 Å². The number of hydrogen-bond acceptors (Lipinski definition) is 3. The van der Waals surface area contributed by atoms with Crippen LogP contribution in [0, 0.1) is 5.41 Å². The number of benzene rings is 1. The first-order valence-electron chi connectivity index (χ1n) is 6.32. The fraction of sp³-hybridized carbons (Fsp3) is 0.267. The molecular weight excluding hydrogens is 272 g/mol. The highest BCUT2D eigenvalue weighted by Crippen LogP contribution is 2.19. The van der Waals surface area contributed by atoms with E-state index in [1.807, 2.05) is 20.8 Å². The molecule has 6 nitrogen and oxygen atoms in total. The average molecular weight is 290 g/mol. The second-order valence-electron chi connectivity index (χ2n) is 5.44. The Kier molecular flexibility index (Phi) is 5.24. The summed E-state index contributed by atoms with van der Waals surface area (Å²) in [7, 11) is 0. The van der Waals surface area contributed by atoms with Gasteiger partial charge in [-0.3, -0.25) is 9.59 Å². The van der Waals surface area contributed by atoms with Gasteiger partial charge in [-0.15, -0.1) is 0 Å². The minimum absolute atomic E-state index is 0.108. The third-order valence-electron chi connectivity index (χ3n) is 2.47. The molecule has 0 bridgehead atoms. The van der Waals surface area contributed by atoms with Crippen molar-refractivity contribution in [2.75, 3.05) is 10.6 Å². The Morgan fingerprint density at radius 3 is 1.86 bits per heavy atom. The molecule has 0 aromatic heterocycles. The van der Waals surface area contributed by atoms with Crippen molar-refractivity contribution < 1.29 is 19.5 Å². The summed E-state index contributed by atoms with van der Waals surface area (Å²) in [5, 5.41) is 13.7. The van der Waals surface area contributed by atoms with Gasteiger partial charge in [-0.05, 0) is 24.3 Å². The van der Waals surface area contributed by atoms with Crippen LogP contribution in [0.4, 0.5) is 11.4 Å². The number of carboxylic acids is 1. The third kappa shape index (κ3) is 5.90. The number of carbonyl (C=O) groups is 3. The highest BCUT2D eigenvalue weighted by Gasteiger charge is 2.20. The van der Waals surface area contributed by atoms with Gasteiger partial charge in [0.25, 0.3) is 0 Å². The molecule has 0 fully saturated rings. The summed E-state index contributed by atoms with van der Waals surface area (Å²) in [6.07, 6.45) is 1.69. The Labute approximate surface area is 122 Å². The van der Waals surface area contributed by atoms with E-state index in [4.69, 9.17) is 5.11 Å². The van der Waals surface area contributed by atoms with Crippen LogP contribution in [-0.4, -0.2) is 22.9 Å². The van der Waals surface area contributed by atoms with Gasteiger partial charge in [0, 0.05) is 28.9 Å². The van der Waals surface area contributed by atoms with Gasteiger partial charge in [0.2, 0.25) is 11.8 Å². The number of hydrogen-bond donors (Lipinski definition) is 3. The molecule has 0 saturated carbocycles. The molecule has 0 aliphatic carbocycles. The number of nitrogens with one attached hydrogen (secondary N) is 2. The van der Waals surface area contributed by atoms with Crippen LogP contribution in [0.3, 0.4) is 0 Å². The van der Waals surface area contributed by atoms with Crippen molar-refractivity contribution in [3.05, 3.63) is 36.4 Å². The normalized spacial score (nSPS) is 11.2. The summed E-state index contributed by atoms with van der Waals surface area (Å²) in [6, 6.07) is 6.54. The van der Waals surface area contributed by atoms with Crippen molar-refractivity contribution in [3.63, 3.8) is 0 Å². The summed E-state index contributed by atoms with van der Waals surface area (Å²) in [6.45, 7) is 5.43. The molecule has 0 radical (unpaired) electrons. The summed E-state index contributed by atoms with van der Waals surface area (Å²) in [5.74, 6) is -1.84. The van der Waals surface area contributed by atoms with Crippen LogP contribution in [0.15, 0.2) is 36.4 Å². The SMILES string of the molecule is CC(C)(C)C(=O)Nc1ccc(NC(=O)/C=C/C(=O)O)cc1. The topological polar surface area (TPSA) is 95.5 Å². The highest BCUT2D eigenvalue weighted by atomic mass is 16.4. The molecule has 21 heavy (non-hydrogen) atoms. The predicted octanol–water partition coefficient (Wildman–Crippen LogP) is 2.25. The van der Waals surface area contributed by atoms with E-state index in [2.05, 4.69) is 10.6 Å². The lowest BCUT2D eigenvalue weighted by molar-refractivity contribution is -0.131. The van der Waals surface area contributed by atoms with Gasteiger partial charge >= 0.3 is 5.97 Å². The molecule has 0 atom stereocenters. The van der Waals surface area contributed by atoms with Gasteiger partial charge in [-0.2, -0.15) is 0 Å². The molecule has 1 aromatic carbocycles. The maximum atomic E-state index is 11.8. The molecule has 2 amide bonds. The van der Waals surface area contributed by atoms with Crippen LogP contribution < -0.4 is 10.6 Å². The second kappa shape index (κ2) is 6.69. The van der Waals surface area contributed by atoms with Crippen molar-refractivity contribution in [2.45, 2.75) is 20.8 Å². The maximum Gasteiger partial charge on any atom is 0.328 e. The smallest absolute Gasteiger partial charge is 0.328 e. The molecule has 3 N–H and O–H groups in total. The van der Waals surface area contributed by atoms with Crippen LogP contribution in [0.1, 0.15) is 20.8 Å². The summed E-state index contributed by atoms with van der Waals surface area (Å²) < 4.78 is 0. The number of carboxylic acid groups (broad SMARTS) is 1. The molecular formula is C15H18N2O4. The lowest BCUT2D eigenvalue weighted by Crippen LogP contribution is -2.27. The largest absolute Gasteiger partial charge is 0.478 e. The number of aliphatic carboxylic acids is 1. The monoisotopic (exact) mass is 290 g/mol. The quantitative estimate of drug-likeness (QED) is 0.741. The molecule has 6 heteroatoms. The lowest BCUT2D eigenvalue weighted by atomic mass is 9.95. The molecule has 0 unspecified atom stereocenters. The molecule has 1 aromatic rings. The van der Waals surface area contributed by atoms with Gasteiger partial charge < -0.3 is 15.7 Å². The van der Waals surface area contributed by atoms with Crippen molar-refractivity contribution in [1.82, 2.24) is 0 Å². The lowest BCUT2D eigenvalue weighted by Gasteiger charge is -2.17. The molecule has 1 rings (SSSR count). The Hall–Kier alpha value is -2.63. The van der Waals surface area contributed by atoms with Crippen LogP contribution in [0.5, 0.6) is 0 Å². The van der Waals surface area contributed by atoms with E-state index in [0.717, 1.165) is 12.2 Å². The fourth-order valence-corrected chi connectivity index (χ4v) is 1.29. The van der Waals surface area contributed by atoms with E-state index >= 15 is 0 Å². The molecule has 0 spiro atoms. The molecule has 112 valence electrons. The summed E-state index contributed by atoms with van der Waals surface area (Å²) >= 11 is 0. The zero-order chi connectivity index (χ0) is 16.0. The van der Waals surface area contributed by atoms with Crippen molar-refractivity contribution in [1.29, 1.82) is 0 Å². The Balaban J connectivity index is 2.64. The Bertz CT molecular complexity index is 568.